The SMILES string of the molecule is O=C(NCCc1ccccn1)c1ccc2c(c1)NC(=O)c1ccccc1N2. The Hall–Kier alpha value is -3.67. The molecule has 6 nitrogen and oxygen atoms in total. The number of carbonyl (C=O) groups is 2. The van der Waals surface area contributed by atoms with Crippen molar-refractivity contribution in [3.63, 3.8) is 0 Å². The summed E-state index contributed by atoms with van der Waals surface area (Å²) in [6.45, 7) is 0.489. The van der Waals surface area contributed by atoms with Crippen LogP contribution in [-0.4, -0.2) is 23.3 Å². The van der Waals surface area contributed by atoms with Gasteiger partial charge in [0.2, 0.25) is 0 Å². The number of fused-ring (bicyclic) bond motifs is 2. The van der Waals surface area contributed by atoms with Gasteiger partial charge in [0.25, 0.3) is 11.8 Å². The summed E-state index contributed by atoms with van der Waals surface area (Å²) in [5.41, 5.74) is 4.04. The van der Waals surface area contributed by atoms with Crippen LogP contribution in [0.3, 0.4) is 0 Å². The Bertz CT molecular complexity index is 1000. The number of aromatic nitrogens is 1. The highest BCUT2D eigenvalue weighted by Gasteiger charge is 2.19. The van der Waals surface area contributed by atoms with Gasteiger partial charge in [-0.05, 0) is 42.5 Å². The molecule has 1 aromatic heterocycles. The molecule has 27 heavy (non-hydrogen) atoms. The van der Waals surface area contributed by atoms with E-state index in [1.54, 1.807) is 30.5 Å². The summed E-state index contributed by atoms with van der Waals surface area (Å²) in [6.07, 6.45) is 2.39. The van der Waals surface area contributed by atoms with E-state index in [0.717, 1.165) is 17.1 Å². The molecular weight excluding hydrogens is 340 g/mol. The van der Waals surface area contributed by atoms with Crippen LogP contribution in [-0.2, 0) is 6.42 Å². The van der Waals surface area contributed by atoms with Crippen molar-refractivity contribution in [3.8, 4) is 0 Å². The molecule has 6 heteroatoms. The number of nitrogens with zero attached hydrogens (tertiary/aromatic N) is 1. The number of para-hydroxylation sites is 1. The molecule has 0 radical (unpaired) electrons. The van der Waals surface area contributed by atoms with Gasteiger partial charge in [0.15, 0.2) is 0 Å². The number of pyridine rings is 1. The monoisotopic (exact) mass is 358 g/mol. The van der Waals surface area contributed by atoms with Gasteiger partial charge in [-0.25, -0.2) is 0 Å². The van der Waals surface area contributed by atoms with Crippen LogP contribution in [0.2, 0.25) is 0 Å². The van der Waals surface area contributed by atoms with Crippen LogP contribution in [0.25, 0.3) is 0 Å². The summed E-state index contributed by atoms with van der Waals surface area (Å²) in [5, 5.41) is 8.99. The van der Waals surface area contributed by atoms with E-state index in [2.05, 4.69) is 20.9 Å². The van der Waals surface area contributed by atoms with Crippen LogP contribution in [0, 0.1) is 0 Å². The van der Waals surface area contributed by atoms with E-state index in [-0.39, 0.29) is 11.8 Å². The number of benzene rings is 2. The summed E-state index contributed by atoms with van der Waals surface area (Å²) >= 11 is 0. The van der Waals surface area contributed by atoms with Gasteiger partial charge in [-0.2, -0.15) is 0 Å². The number of amides is 2. The van der Waals surface area contributed by atoms with Gasteiger partial charge in [-0.1, -0.05) is 18.2 Å². The maximum atomic E-state index is 12.4. The van der Waals surface area contributed by atoms with Crippen LogP contribution < -0.4 is 16.0 Å². The van der Waals surface area contributed by atoms with Crippen molar-refractivity contribution in [1.82, 2.24) is 10.3 Å². The second kappa shape index (κ2) is 7.29. The Morgan fingerprint density at radius 2 is 1.78 bits per heavy atom. The molecule has 0 atom stereocenters. The number of hydrogen-bond donors (Lipinski definition) is 3. The number of carbonyl (C=O) groups excluding carboxylic acids is 2. The van der Waals surface area contributed by atoms with E-state index in [1.165, 1.54) is 0 Å². The Morgan fingerprint density at radius 1 is 0.926 bits per heavy atom. The van der Waals surface area contributed by atoms with Gasteiger partial charge in [0.05, 0.1) is 22.6 Å². The van der Waals surface area contributed by atoms with Crippen molar-refractivity contribution < 1.29 is 9.59 Å². The zero-order chi connectivity index (χ0) is 18.6. The molecule has 1 aliphatic heterocycles. The van der Waals surface area contributed by atoms with E-state index in [1.807, 2.05) is 36.4 Å². The Morgan fingerprint density at radius 3 is 2.63 bits per heavy atom. The highest BCUT2D eigenvalue weighted by molar-refractivity contribution is 6.12. The van der Waals surface area contributed by atoms with Crippen LogP contribution >= 0.6 is 0 Å². The molecule has 2 aromatic carbocycles. The topological polar surface area (TPSA) is 83.1 Å². The smallest absolute Gasteiger partial charge is 0.257 e. The summed E-state index contributed by atoms with van der Waals surface area (Å²) in [6, 6.07) is 18.2. The fourth-order valence-electron chi connectivity index (χ4n) is 2.97. The minimum Gasteiger partial charge on any atom is -0.353 e. The zero-order valence-corrected chi connectivity index (χ0v) is 14.5. The van der Waals surface area contributed by atoms with E-state index in [9.17, 15) is 9.59 Å². The third-order valence-electron chi connectivity index (χ3n) is 4.36. The lowest BCUT2D eigenvalue weighted by molar-refractivity contribution is 0.0952. The van der Waals surface area contributed by atoms with Gasteiger partial charge < -0.3 is 16.0 Å². The molecule has 0 saturated heterocycles. The molecule has 134 valence electrons. The maximum Gasteiger partial charge on any atom is 0.257 e. The summed E-state index contributed by atoms with van der Waals surface area (Å²) in [7, 11) is 0. The second-order valence-electron chi connectivity index (χ2n) is 6.21. The average molecular weight is 358 g/mol. The van der Waals surface area contributed by atoms with Crippen molar-refractivity contribution in [2.75, 3.05) is 17.2 Å². The summed E-state index contributed by atoms with van der Waals surface area (Å²) in [4.78, 5) is 29.1. The normalized spacial score (nSPS) is 12.1. The van der Waals surface area contributed by atoms with Crippen LogP contribution in [0.1, 0.15) is 26.4 Å². The van der Waals surface area contributed by atoms with E-state index in [0.29, 0.717) is 29.8 Å². The molecule has 3 aromatic rings. The van der Waals surface area contributed by atoms with Gasteiger partial charge in [-0.3, -0.25) is 14.6 Å². The number of nitrogens with one attached hydrogen (secondary N) is 3. The summed E-state index contributed by atoms with van der Waals surface area (Å²) < 4.78 is 0. The first-order valence-corrected chi connectivity index (χ1v) is 8.70. The molecule has 3 N–H and O–H groups in total. The lowest BCUT2D eigenvalue weighted by atomic mass is 10.1. The third-order valence-corrected chi connectivity index (χ3v) is 4.36. The van der Waals surface area contributed by atoms with Crippen molar-refractivity contribution in [1.29, 1.82) is 0 Å². The maximum absolute atomic E-state index is 12.4. The van der Waals surface area contributed by atoms with Crippen molar-refractivity contribution in [3.05, 3.63) is 83.7 Å². The first kappa shape index (κ1) is 16.8. The fourth-order valence-corrected chi connectivity index (χ4v) is 2.97. The molecule has 0 aliphatic carbocycles. The second-order valence-corrected chi connectivity index (χ2v) is 6.21. The number of hydrogen-bond acceptors (Lipinski definition) is 4. The molecule has 0 bridgehead atoms. The van der Waals surface area contributed by atoms with Crippen LogP contribution in [0.15, 0.2) is 66.9 Å². The highest BCUT2D eigenvalue weighted by atomic mass is 16.2. The van der Waals surface area contributed by atoms with E-state index in [4.69, 9.17) is 0 Å². The predicted octanol–water partition coefficient (Wildman–Crippen LogP) is 3.36. The van der Waals surface area contributed by atoms with Crippen molar-refractivity contribution in [2.45, 2.75) is 6.42 Å². The molecule has 0 fully saturated rings. The molecule has 0 saturated carbocycles. The third kappa shape index (κ3) is 3.64. The van der Waals surface area contributed by atoms with Crippen molar-refractivity contribution in [2.24, 2.45) is 0 Å². The van der Waals surface area contributed by atoms with Gasteiger partial charge in [0.1, 0.15) is 0 Å². The molecule has 2 amide bonds. The number of anilines is 3. The molecule has 0 spiro atoms. The van der Waals surface area contributed by atoms with Gasteiger partial charge >= 0.3 is 0 Å². The van der Waals surface area contributed by atoms with Crippen LogP contribution in [0.5, 0.6) is 0 Å². The first-order chi connectivity index (χ1) is 13.2. The van der Waals surface area contributed by atoms with E-state index >= 15 is 0 Å². The fraction of sp³-hybridized carbons (Fsp3) is 0.0952. The standard InChI is InChI=1S/C21H18N4O2/c26-20(23-12-10-15-5-3-4-11-22-15)14-8-9-18-19(13-14)25-21(27)16-6-1-2-7-17(16)24-18/h1-9,11,13,24H,10,12H2,(H,23,26)(H,25,27). The van der Waals surface area contributed by atoms with Gasteiger partial charge in [-0.15, -0.1) is 0 Å². The molecule has 0 unspecified atom stereocenters. The molecular formula is C21H18N4O2. The summed E-state index contributed by atoms with van der Waals surface area (Å²) in [5.74, 6) is -0.394. The predicted molar refractivity (Wildman–Crippen MR) is 104 cm³/mol. The Balaban J connectivity index is 1.47. The average Bonchev–Trinajstić information content (AvgIpc) is 2.84. The quantitative estimate of drug-likeness (QED) is 0.668. The van der Waals surface area contributed by atoms with Crippen LogP contribution in [0.4, 0.5) is 17.1 Å². The van der Waals surface area contributed by atoms with Crippen molar-refractivity contribution >= 4 is 28.9 Å². The molecule has 4 rings (SSSR count). The number of rotatable bonds is 4. The Kier molecular flexibility index (Phi) is 4.53. The molecule has 2 heterocycles. The van der Waals surface area contributed by atoms with E-state index < -0.39 is 0 Å². The zero-order valence-electron chi connectivity index (χ0n) is 14.5. The minimum atomic E-state index is -0.204. The highest BCUT2D eigenvalue weighted by Crippen LogP contribution is 2.32. The first-order valence-electron chi connectivity index (χ1n) is 8.70. The Labute approximate surface area is 156 Å². The lowest BCUT2D eigenvalue weighted by Crippen LogP contribution is -2.26. The minimum absolute atomic E-state index is 0.190. The molecule has 1 aliphatic rings. The lowest BCUT2D eigenvalue weighted by Gasteiger charge is -2.11. The van der Waals surface area contributed by atoms with Gasteiger partial charge in [0, 0.05) is 30.4 Å². The largest absolute Gasteiger partial charge is 0.353 e.